The molecule has 23 heavy (non-hydrogen) atoms. The van der Waals surface area contributed by atoms with E-state index in [9.17, 15) is 4.79 Å². The summed E-state index contributed by atoms with van der Waals surface area (Å²) in [6.07, 6.45) is 0.887. The molecule has 1 aromatic carbocycles. The van der Waals surface area contributed by atoms with E-state index in [1.807, 2.05) is 38.1 Å². The lowest BCUT2D eigenvalue weighted by Crippen LogP contribution is -2.19. The van der Waals surface area contributed by atoms with E-state index in [0.29, 0.717) is 29.0 Å². The first kappa shape index (κ1) is 15.4. The highest BCUT2D eigenvalue weighted by Gasteiger charge is 2.07. The molecule has 0 aliphatic carbocycles. The Morgan fingerprint density at radius 1 is 1.26 bits per heavy atom. The molecule has 2 heterocycles. The zero-order valence-corrected chi connectivity index (χ0v) is 13.4. The van der Waals surface area contributed by atoms with Gasteiger partial charge in [-0.2, -0.15) is 4.52 Å². The average Bonchev–Trinajstić information content (AvgIpc) is 2.56. The summed E-state index contributed by atoms with van der Waals surface area (Å²) < 4.78 is 6.65. The lowest BCUT2D eigenvalue weighted by Gasteiger charge is -2.08. The zero-order chi connectivity index (χ0) is 16.2. The Kier molecular flexibility index (Phi) is 4.52. The molecule has 120 valence electrons. The zero-order valence-electron chi connectivity index (χ0n) is 13.4. The van der Waals surface area contributed by atoms with Gasteiger partial charge in [0.15, 0.2) is 5.65 Å². The Balaban J connectivity index is 1.91. The number of hydrogen-bond acceptors (Lipinski definition) is 5. The number of fused-ring (bicyclic) bond motifs is 2. The molecular weight excluding hydrogens is 292 g/mol. The molecule has 0 unspecified atom stereocenters. The minimum absolute atomic E-state index is 0.147. The molecule has 1 N–H and O–H groups in total. The quantitative estimate of drug-likeness (QED) is 0.559. The summed E-state index contributed by atoms with van der Waals surface area (Å²) in [5, 5.41) is 8.15. The van der Waals surface area contributed by atoms with Crippen LogP contribution in [0, 0.1) is 6.92 Å². The fourth-order valence-electron chi connectivity index (χ4n) is 2.44. The molecule has 6 heteroatoms. The van der Waals surface area contributed by atoms with Gasteiger partial charge >= 0.3 is 0 Å². The Labute approximate surface area is 134 Å². The standard InChI is InChI=1S/C17H20N4O2/c1-3-23-10-4-9-18-15-7-8-16-19-14-6-5-12(2)11-13(14)17(22)21(16)20-15/h5-8,11H,3-4,9-10H2,1-2H3,(H,18,20). The first-order valence-corrected chi connectivity index (χ1v) is 7.81. The summed E-state index contributed by atoms with van der Waals surface area (Å²) in [7, 11) is 0. The number of hydrogen-bond donors (Lipinski definition) is 1. The number of aromatic nitrogens is 3. The van der Waals surface area contributed by atoms with Crippen LogP contribution in [-0.2, 0) is 4.74 Å². The van der Waals surface area contributed by atoms with E-state index >= 15 is 0 Å². The summed E-state index contributed by atoms with van der Waals surface area (Å²) in [6.45, 7) is 6.11. The van der Waals surface area contributed by atoms with Crippen molar-refractivity contribution in [2.45, 2.75) is 20.3 Å². The minimum Gasteiger partial charge on any atom is -0.382 e. The Hall–Kier alpha value is -2.47. The first-order chi connectivity index (χ1) is 11.2. The van der Waals surface area contributed by atoms with Gasteiger partial charge < -0.3 is 10.1 Å². The van der Waals surface area contributed by atoms with Crippen LogP contribution in [0.1, 0.15) is 18.9 Å². The lowest BCUT2D eigenvalue weighted by molar-refractivity contribution is 0.147. The second-order valence-electron chi connectivity index (χ2n) is 5.40. The fourth-order valence-corrected chi connectivity index (χ4v) is 2.44. The smallest absolute Gasteiger partial charge is 0.282 e. The number of rotatable bonds is 6. The molecule has 0 saturated heterocycles. The van der Waals surface area contributed by atoms with Crippen molar-refractivity contribution in [3.8, 4) is 0 Å². The van der Waals surface area contributed by atoms with E-state index in [4.69, 9.17) is 4.74 Å². The Bertz CT molecular complexity index is 889. The van der Waals surface area contributed by atoms with Gasteiger partial charge in [0.1, 0.15) is 5.82 Å². The van der Waals surface area contributed by atoms with Crippen molar-refractivity contribution in [1.29, 1.82) is 0 Å². The summed E-state index contributed by atoms with van der Waals surface area (Å²) in [4.78, 5) is 17.1. The first-order valence-electron chi connectivity index (χ1n) is 7.81. The van der Waals surface area contributed by atoms with Gasteiger partial charge in [0.2, 0.25) is 0 Å². The van der Waals surface area contributed by atoms with E-state index in [-0.39, 0.29) is 5.56 Å². The summed E-state index contributed by atoms with van der Waals surface area (Å²) in [6, 6.07) is 9.31. The highest BCUT2D eigenvalue weighted by molar-refractivity contribution is 5.80. The largest absolute Gasteiger partial charge is 0.382 e. The summed E-state index contributed by atoms with van der Waals surface area (Å²) >= 11 is 0. The van der Waals surface area contributed by atoms with Crippen LogP contribution in [-0.4, -0.2) is 34.4 Å². The summed E-state index contributed by atoms with van der Waals surface area (Å²) in [5.41, 5.74) is 2.12. The molecule has 0 saturated carbocycles. The van der Waals surface area contributed by atoms with E-state index in [1.165, 1.54) is 4.52 Å². The molecule has 0 fully saturated rings. The van der Waals surface area contributed by atoms with Crippen molar-refractivity contribution < 1.29 is 4.74 Å². The normalized spacial score (nSPS) is 11.2. The third kappa shape index (κ3) is 3.32. The monoisotopic (exact) mass is 312 g/mol. The molecule has 3 aromatic rings. The van der Waals surface area contributed by atoms with Crippen LogP contribution < -0.4 is 10.9 Å². The van der Waals surface area contributed by atoms with E-state index < -0.39 is 0 Å². The van der Waals surface area contributed by atoms with Crippen molar-refractivity contribution in [3.63, 3.8) is 0 Å². The van der Waals surface area contributed by atoms with Crippen molar-refractivity contribution >= 4 is 22.4 Å². The number of aryl methyl sites for hydroxylation is 1. The van der Waals surface area contributed by atoms with Crippen LogP contribution in [0.4, 0.5) is 5.82 Å². The highest BCUT2D eigenvalue weighted by atomic mass is 16.5. The minimum atomic E-state index is -0.147. The molecule has 0 amide bonds. The molecule has 0 bridgehead atoms. The van der Waals surface area contributed by atoms with Gasteiger partial charge in [-0.3, -0.25) is 4.79 Å². The maximum absolute atomic E-state index is 12.6. The van der Waals surface area contributed by atoms with Crippen molar-refractivity contribution in [2.24, 2.45) is 0 Å². The van der Waals surface area contributed by atoms with Crippen LogP contribution in [0.5, 0.6) is 0 Å². The molecule has 0 radical (unpaired) electrons. The molecule has 0 aliphatic rings. The predicted molar refractivity (Wildman–Crippen MR) is 91.1 cm³/mol. The second kappa shape index (κ2) is 6.75. The van der Waals surface area contributed by atoms with Gasteiger partial charge in [0.05, 0.1) is 10.9 Å². The molecule has 0 spiro atoms. The maximum atomic E-state index is 12.6. The summed E-state index contributed by atoms with van der Waals surface area (Å²) in [5.74, 6) is 0.657. The van der Waals surface area contributed by atoms with Crippen molar-refractivity contribution in [3.05, 3.63) is 46.2 Å². The van der Waals surface area contributed by atoms with Crippen LogP contribution in [0.3, 0.4) is 0 Å². The molecule has 2 aromatic heterocycles. The Morgan fingerprint density at radius 2 is 2.13 bits per heavy atom. The number of nitrogens with one attached hydrogen (secondary N) is 1. The third-order valence-corrected chi connectivity index (χ3v) is 3.60. The molecule has 6 nitrogen and oxygen atoms in total. The fraction of sp³-hybridized carbons (Fsp3) is 0.353. The van der Waals surface area contributed by atoms with Crippen LogP contribution in [0.15, 0.2) is 35.1 Å². The molecule has 0 atom stereocenters. The number of nitrogens with zero attached hydrogens (tertiary/aromatic N) is 3. The van der Waals surface area contributed by atoms with Gasteiger partial charge in [-0.05, 0) is 44.5 Å². The van der Waals surface area contributed by atoms with Crippen LogP contribution >= 0.6 is 0 Å². The average molecular weight is 312 g/mol. The van der Waals surface area contributed by atoms with Gasteiger partial charge in [-0.25, -0.2) is 4.98 Å². The number of anilines is 1. The lowest BCUT2D eigenvalue weighted by atomic mass is 10.2. The highest BCUT2D eigenvalue weighted by Crippen LogP contribution is 2.12. The third-order valence-electron chi connectivity index (χ3n) is 3.60. The SMILES string of the molecule is CCOCCCNc1ccc2nc3ccc(C)cc3c(=O)n2n1. The van der Waals surface area contributed by atoms with Crippen LogP contribution in [0.25, 0.3) is 16.6 Å². The van der Waals surface area contributed by atoms with Crippen molar-refractivity contribution in [2.75, 3.05) is 25.1 Å². The Morgan fingerprint density at radius 3 is 2.96 bits per heavy atom. The van der Waals surface area contributed by atoms with Gasteiger partial charge in [0.25, 0.3) is 5.56 Å². The predicted octanol–water partition coefficient (Wildman–Crippen LogP) is 2.39. The van der Waals surface area contributed by atoms with Crippen molar-refractivity contribution in [1.82, 2.24) is 14.6 Å². The number of benzene rings is 1. The van der Waals surface area contributed by atoms with E-state index in [1.54, 1.807) is 6.07 Å². The molecular formula is C17H20N4O2. The number of ether oxygens (including phenoxy) is 1. The second-order valence-corrected chi connectivity index (χ2v) is 5.40. The van der Waals surface area contributed by atoms with Gasteiger partial charge in [0, 0.05) is 19.8 Å². The van der Waals surface area contributed by atoms with Gasteiger partial charge in [-0.15, -0.1) is 5.10 Å². The maximum Gasteiger partial charge on any atom is 0.282 e. The van der Waals surface area contributed by atoms with Crippen LogP contribution in [0.2, 0.25) is 0 Å². The van der Waals surface area contributed by atoms with E-state index in [2.05, 4.69) is 15.4 Å². The molecule has 0 aliphatic heterocycles. The van der Waals surface area contributed by atoms with E-state index in [0.717, 1.165) is 25.1 Å². The molecule has 3 rings (SSSR count). The topological polar surface area (TPSA) is 68.5 Å². The van der Waals surface area contributed by atoms with Gasteiger partial charge in [-0.1, -0.05) is 11.6 Å².